The molecule has 0 bridgehead atoms. The van der Waals surface area contributed by atoms with Gasteiger partial charge in [-0.05, 0) is 48.7 Å². The van der Waals surface area contributed by atoms with E-state index < -0.39 is 0 Å². The number of anilines is 1. The molecule has 0 radical (unpaired) electrons. The number of benzene rings is 2. The normalized spacial score (nSPS) is 11.0. The predicted molar refractivity (Wildman–Crippen MR) is 142 cm³/mol. The SMILES string of the molecule is CCc1cccc2sc(N(CCCn3ccnc3)C(=O)c3ccc(SC(C)C)cc3)nc12.Cl. The fourth-order valence-electron chi connectivity index (χ4n) is 3.61. The molecule has 33 heavy (non-hydrogen) atoms. The van der Waals surface area contributed by atoms with Crippen LogP contribution in [-0.4, -0.2) is 32.2 Å². The van der Waals surface area contributed by atoms with E-state index in [1.54, 1.807) is 29.3 Å². The molecule has 8 heteroatoms. The van der Waals surface area contributed by atoms with Crippen molar-refractivity contribution in [1.82, 2.24) is 14.5 Å². The van der Waals surface area contributed by atoms with Crippen LogP contribution in [-0.2, 0) is 13.0 Å². The number of halogens is 1. The maximum absolute atomic E-state index is 13.6. The molecule has 0 N–H and O–H groups in total. The minimum Gasteiger partial charge on any atom is -0.337 e. The van der Waals surface area contributed by atoms with Gasteiger partial charge in [-0.1, -0.05) is 44.2 Å². The Morgan fingerprint density at radius 1 is 1.18 bits per heavy atom. The third kappa shape index (κ3) is 6.16. The molecule has 0 aliphatic rings. The molecule has 0 saturated heterocycles. The maximum Gasteiger partial charge on any atom is 0.260 e. The highest BCUT2D eigenvalue weighted by atomic mass is 35.5. The third-order valence-corrected chi connectivity index (χ3v) is 7.24. The van der Waals surface area contributed by atoms with Gasteiger partial charge in [0, 0.05) is 41.2 Å². The number of carbonyl (C=O) groups excluding carboxylic acids is 1. The number of thioether (sulfide) groups is 1. The summed E-state index contributed by atoms with van der Waals surface area (Å²) in [7, 11) is 0. The fourth-order valence-corrected chi connectivity index (χ4v) is 5.49. The smallest absolute Gasteiger partial charge is 0.260 e. The van der Waals surface area contributed by atoms with Gasteiger partial charge in [0.2, 0.25) is 0 Å². The molecular formula is C25H29ClN4OS2. The molecule has 5 nitrogen and oxygen atoms in total. The Bertz CT molecular complexity index is 1170. The zero-order valence-corrected chi connectivity index (χ0v) is 21.6. The Labute approximate surface area is 209 Å². The lowest BCUT2D eigenvalue weighted by molar-refractivity contribution is 0.0986. The van der Waals surface area contributed by atoms with Crippen molar-refractivity contribution in [1.29, 1.82) is 0 Å². The van der Waals surface area contributed by atoms with Crippen LogP contribution in [0.2, 0.25) is 0 Å². The van der Waals surface area contributed by atoms with Gasteiger partial charge in [-0.2, -0.15) is 0 Å². The van der Waals surface area contributed by atoms with E-state index >= 15 is 0 Å². The molecule has 4 rings (SSSR count). The number of aryl methyl sites for hydroxylation is 2. The molecule has 1 amide bonds. The molecule has 174 valence electrons. The molecule has 4 aromatic rings. The minimum absolute atomic E-state index is 0. The van der Waals surface area contributed by atoms with E-state index in [2.05, 4.69) is 44.0 Å². The second-order valence-corrected chi connectivity index (χ2v) is 10.6. The Morgan fingerprint density at radius 3 is 2.64 bits per heavy atom. The fraction of sp³-hybridized carbons (Fsp3) is 0.320. The van der Waals surface area contributed by atoms with Crippen LogP contribution in [0.1, 0.15) is 43.1 Å². The second-order valence-electron chi connectivity index (χ2n) is 7.92. The van der Waals surface area contributed by atoms with Crippen molar-refractivity contribution < 1.29 is 4.79 Å². The number of carbonyl (C=O) groups is 1. The minimum atomic E-state index is -0.00571. The van der Waals surface area contributed by atoms with Gasteiger partial charge < -0.3 is 4.57 Å². The lowest BCUT2D eigenvalue weighted by Gasteiger charge is -2.20. The van der Waals surface area contributed by atoms with E-state index in [1.165, 1.54) is 10.5 Å². The molecule has 0 atom stereocenters. The summed E-state index contributed by atoms with van der Waals surface area (Å²) in [6.45, 7) is 7.88. The number of hydrogen-bond acceptors (Lipinski definition) is 5. The molecular weight excluding hydrogens is 472 g/mol. The van der Waals surface area contributed by atoms with E-state index in [9.17, 15) is 4.79 Å². The van der Waals surface area contributed by atoms with Crippen molar-refractivity contribution in [3.63, 3.8) is 0 Å². The third-order valence-electron chi connectivity index (χ3n) is 5.18. The molecule has 2 aromatic carbocycles. The van der Waals surface area contributed by atoms with Crippen molar-refractivity contribution in [3.05, 3.63) is 72.3 Å². The Hall–Kier alpha value is -2.35. The monoisotopic (exact) mass is 500 g/mol. The number of nitrogens with zero attached hydrogens (tertiary/aromatic N) is 4. The number of rotatable bonds is 9. The van der Waals surface area contributed by atoms with Crippen LogP contribution in [0.5, 0.6) is 0 Å². The molecule has 0 spiro atoms. The number of para-hydroxylation sites is 1. The molecule has 0 fully saturated rings. The summed E-state index contributed by atoms with van der Waals surface area (Å²) in [6, 6.07) is 14.2. The van der Waals surface area contributed by atoms with E-state index in [4.69, 9.17) is 4.98 Å². The van der Waals surface area contributed by atoms with Gasteiger partial charge in [0.25, 0.3) is 5.91 Å². The van der Waals surface area contributed by atoms with Gasteiger partial charge in [-0.3, -0.25) is 9.69 Å². The van der Waals surface area contributed by atoms with Crippen molar-refractivity contribution in [2.75, 3.05) is 11.4 Å². The summed E-state index contributed by atoms with van der Waals surface area (Å²) >= 11 is 3.39. The first-order valence-corrected chi connectivity index (χ1v) is 12.7. The van der Waals surface area contributed by atoms with Gasteiger partial charge in [0.1, 0.15) is 0 Å². The number of amides is 1. The average molecular weight is 501 g/mol. The molecule has 0 unspecified atom stereocenters. The van der Waals surface area contributed by atoms with E-state index in [-0.39, 0.29) is 18.3 Å². The van der Waals surface area contributed by atoms with Crippen molar-refractivity contribution in [2.24, 2.45) is 0 Å². The summed E-state index contributed by atoms with van der Waals surface area (Å²) in [5.74, 6) is -0.00571. The lowest BCUT2D eigenvalue weighted by Crippen LogP contribution is -2.32. The second kappa shape index (κ2) is 11.7. The molecule has 0 saturated carbocycles. The average Bonchev–Trinajstić information content (AvgIpc) is 3.46. The first-order valence-electron chi connectivity index (χ1n) is 11.0. The van der Waals surface area contributed by atoms with Crippen LogP contribution in [0.3, 0.4) is 0 Å². The number of thiazole rings is 1. The lowest BCUT2D eigenvalue weighted by atomic mass is 10.1. The van der Waals surface area contributed by atoms with E-state index in [0.29, 0.717) is 17.4 Å². The van der Waals surface area contributed by atoms with Crippen LogP contribution >= 0.6 is 35.5 Å². The quantitative estimate of drug-likeness (QED) is 0.239. The highest BCUT2D eigenvalue weighted by Gasteiger charge is 2.22. The van der Waals surface area contributed by atoms with Crippen LogP contribution in [0, 0.1) is 0 Å². The van der Waals surface area contributed by atoms with E-state index in [0.717, 1.165) is 34.7 Å². The van der Waals surface area contributed by atoms with E-state index in [1.807, 2.05) is 46.3 Å². The summed E-state index contributed by atoms with van der Waals surface area (Å²) in [5.41, 5.74) is 2.91. The number of fused-ring (bicyclic) bond motifs is 1. The Kier molecular flexibility index (Phi) is 8.95. The van der Waals surface area contributed by atoms with Gasteiger partial charge in [-0.25, -0.2) is 9.97 Å². The molecule has 2 aromatic heterocycles. The van der Waals surface area contributed by atoms with Crippen LogP contribution in [0.25, 0.3) is 10.2 Å². The Morgan fingerprint density at radius 2 is 1.97 bits per heavy atom. The van der Waals surface area contributed by atoms with Crippen molar-refractivity contribution in [2.45, 2.75) is 50.3 Å². The first-order chi connectivity index (χ1) is 15.5. The van der Waals surface area contributed by atoms with Crippen LogP contribution in [0.4, 0.5) is 5.13 Å². The number of hydrogen-bond donors (Lipinski definition) is 0. The highest BCUT2D eigenvalue weighted by molar-refractivity contribution is 7.99. The van der Waals surface area contributed by atoms with Gasteiger partial charge in [0.15, 0.2) is 5.13 Å². The van der Waals surface area contributed by atoms with Crippen molar-refractivity contribution >= 4 is 56.8 Å². The Balaban J connectivity index is 0.00000306. The van der Waals surface area contributed by atoms with Gasteiger partial charge >= 0.3 is 0 Å². The summed E-state index contributed by atoms with van der Waals surface area (Å²) in [6.07, 6.45) is 7.27. The molecule has 2 heterocycles. The van der Waals surface area contributed by atoms with Crippen LogP contribution < -0.4 is 4.90 Å². The number of imidazole rings is 1. The summed E-state index contributed by atoms with van der Waals surface area (Å²) < 4.78 is 3.16. The number of aromatic nitrogens is 3. The summed E-state index contributed by atoms with van der Waals surface area (Å²) in [4.78, 5) is 25.6. The predicted octanol–water partition coefficient (Wildman–Crippen LogP) is 6.71. The standard InChI is InChI=1S/C25H28N4OS2.ClH/c1-4-19-7-5-8-22-23(19)27-25(32-22)29(15-6-14-28-16-13-26-17-28)24(30)20-9-11-21(12-10-20)31-18(2)3;/h5,7-13,16-18H,4,6,14-15H2,1-3H3;1H. The van der Waals surface area contributed by atoms with Gasteiger partial charge in [-0.15, -0.1) is 24.2 Å². The van der Waals surface area contributed by atoms with Gasteiger partial charge in [0.05, 0.1) is 16.5 Å². The zero-order chi connectivity index (χ0) is 22.5. The molecule has 0 aliphatic carbocycles. The zero-order valence-electron chi connectivity index (χ0n) is 19.1. The largest absolute Gasteiger partial charge is 0.337 e. The topological polar surface area (TPSA) is 51.0 Å². The van der Waals surface area contributed by atoms with Crippen molar-refractivity contribution in [3.8, 4) is 0 Å². The highest BCUT2D eigenvalue weighted by Crippen LogP contribution is 2.32. The summed E-state index contributed by atoms with van der Waals surface area (Å²) in [5, 5.41) is 1.27. The maximum atomic E-state index is 13.6. The molecule has 0 aliphatic heterocycles. The first kappa shape index (κ1) is 25.3. The van der Waals surface area contributed by atoms with Crippen LogP contribution in [0.15, 0.2) is 66.1 Å².